The van der Waals surface area contributed by atoms with Crippen LogP contribution in [0.5, 0.6) is 0 Å². The zero-order valence-electron chi connectivity index (χ0n) is 14.1. The van der Waals surface area contributed by atoms with Crippen molar-refractivity contribution in [3.05, 3.63) is 0 Å². The van der Waals surface area contributed by atoms with Gasteiger partial charge in [-0.05, 0) is 53.0 Å². The third-order valence-corrected chi connectivity index (χ3v) is 3.99. The molecule has 0 aromatic rings. The molecule has 0 fully saturated rings. The van der Waals surface area contributed by atoms with Crippen molar-refractivity contribution in [3.8, 4) is 0 Å². The molecule has 0 bridgehead atoms. The number of hydrogen-bond donors (Lipinski definition) is 1. The van der Waals surface area contributed by atoms with Crippen LogP contribution in [0.2, 0.25) is 0 Å². The lowest BCUT2D eigenvalue weighted by atomic mass is 9.85. The fraction of sp³-hybridized carbons (Fsp3) is 1.00. The Balaban J connectivity index is 4.37. The average molecular weight is 256 g/mol. The average Bonchev–Trinajstić information content (AvgIpc) is 2.26. The zero-order valence-corrected chi connectivity index (χ0v) is 14.1. The number of nitrogens with zero attached hydrogens (tertiary/aromatic N) is 1. The summed E-state index contributed by atoms with van der Waals surface area (Å²) in [7, 11) is 2.27. The minimum atomic E-state index is 0.212. The number of nitrogens with one attached hydrogen (secondary N) is 1. The van der Waals surface area contributed by atoms with Crippen molar-refractivity contribution in [1.29, 1.82) is 0 Å². The van der Waals surface area contributed by atoms with Crippen molar-refractivity contribution in [2.45, 2.75) is 79.3 Å². The van der Waals surface area contributed by atoms with Gasteiger partial charge in [0.1, 0.15) is 0 Å². The Bertz CT molecular complexity index is 220. The van der Waals surface area contributed by atoms with Crippen LogP contribution in [-0.4, -0.2) is 36.6 Å². The smallest absolute Gasteiger partial charge is 0.00967 e. The minimum Gasteiger partial charge on any atom is -0.311 e. The molecule has 0 spiro atoms. The molecule has 0 aliphatic carbocycles. The number of rotatable bonds is 8. The van der Waals surface area contributed by atoms with Crippen LogP contribution in [0.1, 0.15) is 67.7 Å². The van der Waals surface area contributed by atoms with E-state index in [0.717, 1.165) is 6.54 Å². The van der Waals surface area contributed by atoms with Crippen LogP contribution in [0, 0.1) is 5.41 Å². The largest absolute Gasteiger partial charge is 0.311 e. The summed E-state index contributed by atoms with van der Waals surface area (Å²) in [6.07, 6.45) is 3.79. The van der Waals surface area contributed by atoms with Gasteiger partial charge in [-0.15, -0.1) is 0 Å². The van der Waals surface area contributed by atoms with Gasteiger partial charge in [0.05, 0.1) is 0 Å². The van der Waals surface area contributed by atoms with Crippen molar-refractivity contribution < 1.29 is 0 Å². The molecule has 18 heavy (non-hydrogen) atoms. The van der Waals surface area contributed by atoms with Gasteiger partial charge in [-0.2, -0.15) is 0 Å². The summed E-state index contributed by atoms with van der Waals surface area (Å²) in [6.45, 7) is 18.3. The third kappa shape index (κ3) is 7.38. The first-order valence-electron chi connectivity index (χ1n) is 7.59. The molecule has 0 saturated carbocycles. The maximum Gasteiger partial charge on any atom is 0.00967 e. The van der Waals surface area contributed by atoms with E-state index in [2.05, 4.69) is 65.7 Å². The molecule has 0 aromatic carbocycles. The molecule has 0 heterocycles. The molecule has 0 radical (unpaired) electrons. The first-order chi connectivity index (χ1) is 8.13. The summed E-state index contributed by atoms with van der Waals surface area (Å²) >= 11 is 0. The fourth-order valence-corrected chi connectivity index (χ4v) is 2.17. The summed E-state index contributed by atoms with van der Waals surface area (Å²) in [5.74, 6) is 0. The molecule has 0 aliphatic heterocycles. The molecule has 110 valence electrons. The van der Waals surface area contributed by atoms with E-state index < -0.39 is 0 Å². The van der Waals surface area contributed by atoms with Crippen molar-refractivity contribution in [1.82, 2.24) is 10.2 Å². The highest BCUT2D eigenvalue weighted by Gasteiger charge is 2.27. The summed E-state index contributed by atoms with van der Waals surface area (Å²) in [4.78, 5) is 2.53. The standard InChI is InChI=1S/C16H36N2/c1-9-11-14(3)18(8)13-16(7,10-2)12-17-15(4,5)6/h14,17H,9-13H2,1-8H3. The lowest BCUT2D eigenvalue weighted by molar-refractivity contribution is 0.135. The van der Waals surface area contributed by atoms with Crippen molar-refractivity contribution >= 4 is 0 Å². The highest BCUT2D eigenvalue weighted by molar-refractivity contribution is 4.83. The molecule has 0 aromatic heterocycles. The van der Waals surface area contributed by atoms with E-state index in [4.69, 9.17) is 0 Å². The Hall–Kier alpha value is -0.0800. The van der Waals surface area contributed by atoms with Gasteiger partial charge in [0, 0.05) is 24.7 Å². The van der Waals surface area contributed by atoms with E-state index in [9.17, 15) is 0 Å². The summed E-state index contributed by atoms with van der Waals surface area (Å²) in [6, 6.07) is 0.690. The molecule has 2 atom stereocenters. The van der Waals surface area contributed by atoms with Gasteiger partial charge in [-0.1, -0.05) is 27.2 Å². The van der Waals surface area contributed by atoms with Crippen molar-refractivity contribution in [3.63, 3.8) is 0 Å². The summed E-state index contributed by atoms with van der Waals surface area (Å²) in [5, 5.41) is 3.66. The van der Waals surface area contributed by atoms with Crippen LogP contribution in [0.3, 0.4) is 0 Å². The van der Waals surface area contributed by atoms with Gasteiger partial charge in [0.15, 0.2) is 0 Å². The second-order valence-electron chi connectivity index (χ2n) is 7.32. The topological polar surface area (TPSA) is 15.3 Å². The van der Waals surface area contributed by atoms with Gasteiger partial charge in [0.2, 0.25) is 0 Å². The van der Waals surface area contributed by atoms with Crippen LogP contribution >= 0.6 is 0 Å². The van der Waals surface area contributed by atoms with Crippen LogP contribution < -0.4 is 5.32 Å². The minimum absolute atomic E-state index is 0.212. The van der Waals surface area contributed by atoms with Gasteiger partial charge in [0.25, 0.3) is 0 Å². The Morgan fingerprint density at radius 3 is 2.06 bits per heavy atom. The third-order valence-electron chi connectivity index (χ3n) is 3.99. The van der Waals surface area contributed by atoms with E-state index >= 15 is 0 Å². The molecule has 0 amide bonds. The molecule has 1 N–H and O–H groups in total. The molecule has 0 rings (SSSR count). The zero-order chi connectivity index (χ0) is 14.4. The fourth-order valence-electron chi connectivity index (χ4n) is 2.17. The maximum atomic E-state index is 3.66. The first kappa shape index (κ1) is 17.9. The summed E-state index contributed by atoms with van der Waals surface area (Å²) < 4.78 is 0. The Morgan fingerprint density at radius 2 is 1.67 bits per heavy atom. The van der Waals surface area contributed by atoms with E-state index in [1.165, 1.54) is 25.8 Å². The Labute approximate surface area is 116 Å². The second-order valence-corrected chi connectivity index (χ2v) is 7.32. The molecular weight excluding hydrogens is 220 g/mol. The number of hydrogen-bond acceptors (Lipinski definition) is 2. The normalized spacial score (nSPS) is 17.8. The second kappa shape index (κ2) is 7.49. The van der Waals surface area contributed by atoms with E-state index in [1.54, 1.807) is 0 Å². The van der Waals surface area contributed by atoms with Crippen LogP contribution in [0.4, 0.5) is 0 Å². The van der Waals surface area contributed by atoms with Crippen molar-refractivity contribution in [2.24, 2.45) is 5.41 Å². The Kier molecular flexibility index (Phi) is 7.46. The lowest BCUT2D eigenvalue weighted by Gasteiger charge is -2.38. The Morgan fingerprint density at radius 1 is 1.11 bits per heavy atom. The molecule has 0 aliphatic rings. The van der Waals surface area contributed by atoms with Gasteiger partial charge in [-0.25, -0.2) is 0 Å². The molecule has 2 heteroatoms. The highest BCUT2D eigenvalue weighted by atomic mass is 15.1. The van der Waals surface area contributed by atoms with Gasteiger partial charge < -0.3 is 10.2 Å². The van der Waals surface area contributed by atoms with Crippen LogP contribution in [0.15, 0.2) is 0 Å². The molecule has 0 saturated heterocycles. The van der Waals surface area contributed by atoms with E-state index in [0.29, 0.717) is 11.5 Å². The van der Waals surface area contributed by atoms with E-state index in [-0.39, 0.29) is 5.54 Å². The predicted octanol–water partition coefficient (Wildman–Crippen LogP) is 3.91. The van der Waals surface area contributed by atoms with Crippen LogP contribution in [-0.2, 0) is 0 Å². The van der Waals surface area contributed by atoms with Gasteiger partial charge >= 0.3 is 0 Å². The summed E-state index contributed by atoms with van der Waals surface area (Å²) in [5.41, 5.74) is 0.577. The predicted molar refractivity (Wildman–Crippen MR) is 83.2 cm³/mol. The highest BCUT2D eigenvalue weighted by Crippen LogP contribution is 2.23. The maximum absolute atomic E-state index is 3.66. The van der Waals surface area contributed by atoms with Crippen molar-refractivity contribution in [2.75, 3.05) is 20.1 Å². The van der Waals surface area contributed by atoms with Gasteiger partial charge in [-0.3, -0.25) is 0 Å². The molecule has 2 nitrogen and oxygen atoms in total. The molecule has 2 unspecified atom stereocenters. The monoisotopic (exact) mass is 256 g/mol. The quantitative estimate of drug-likeness (QED) is 0.708. The SMILES string of the molecule is CCCC(C)N(C)CC(C)(CC)CNC(C)(C)C. The first-order valence-corrected chi connectivity index (χ1v) is 7.59. The molecular formula is C16H36N2. The van der Waals surface area contributed by atoms with E-state index in [1.807, 2.05) is 0 Å². The van der Waals surface area contributed by atoms with Crippen LogP contribution in [0.25, 0.3) is 0 Å². The lowest BCUT2D eigenvalue weighted by Crippen LogP contribution is -2.48.